The maximum Gasteiger partial charge on any atom is 0.416 e. The number of benzene rings is 1. The summed E-state index contributed by atoms with van der Waals surface area (Å²) in [6.07, 6.45) is -4.65. The minimum absolute atomic E-state index is 0.000979. The molecule has 4 nitrogen and oxygen atoms in total. The lowest BCUT2D eigenvalue weighted by Crippen LogP contribution is -2.26. The predicted molar refractivity (Wildman–Crippen MR) is 85.7 cm³/mol. The highest BCUT2D eigenvalue weighted by Crippen LogP contribution is 2.30. The average molecular weight is 374 g/mol. The number of hydrogen-bond donors (Lipinski definition) is 1. The Kier molecular flexibility index (Phi) is 6.13. The van der Waals surface area contributed by atoms with Crippen molar-refractivity contribution in [3.8, 4) is 0 Å². The minimum Gasteiger partial charge on any atom is -0.385 e. The molecule has 25 heavy (non-hydrogen) atoms. The molecule has 1 N–H and O–H groups in total. The molecule has 0 atom stereocenters. The van der Waals surface area contributed by atoms with Crippen molar-refractivity contribution in [2.24, 2.45) is 5.16 Å². The van der Waals surface area contributed by atoms with Gasteiger partial charge in [0.1, 0.15) is 5.82 Å². The summed E-state index contributed by atoms with van der Waals surface area (Å²) >= 11 is 1.46. The molecule has 134 valence electrons. The smallest absolute Gasteiger partial charge is 0.385 e. The van der Waals surface area contributed by atoms with Crippen molar-refractivity contribution >= 4 is 23.0 Å². The third kappa shape index (κ3) is 5.86. The highest BCUT2D eigenvalue weighted by Gasteiger charge is 2.31. The van der Waals surface area contributed by atoms with E-state index in [0.29, 0.717) is 11.8 Å². The summed E-state index contributed by atoms with van der Waals surface area (Å²) in [5.41, 5.74) is -0.508. The molecule has 0 aliphatic carbocycles. The normalized spacial score (nSPS) is 12.1. The van der Waals surface area contributed by atoms with Crippen molar-refractivity contribution in [1.82, 2.24) is 5.32 Å². The summed E-state index contributed by atoms with van der Waals surface area (Å²) < 4.78 is 51.1. The van der Waals surface area contributed by atoms with Gasteiger partial charge in [-0.3, -0.25) is 4.79 Å². The van der Waals surface area contributed by atoms with E-state index in [9.17, 15) is 22.4 Å². The molecule has 1 amide bonds. The lowest BCUT2D eigenvalue weighted by Gasteiger charge is -2.10. The summed E-state index contributed by atoms with van der Waals surface area (Å²) in [6.45, 7) is 1.07. The van der Waals surface area contributed by atoms with E-state index in [1.165, 1.54) is 11.3 Å². The van der Waals surface area contributed by atoms with Gasteiger partial charge < -0.3 is 10.2 Å². The number of nitrogens with zero attached hydrogens (tertiary/aromatic N) is 1. The van der Waals surface area contributed by atoms with Crippen molar-refractivity contribution < 1.29 is 27.2 Å². The molecule has 0 unspecified atom stereocenters. The molecule has 1 aromatic carbocycles. The third-order valence-electron chi connectivity index (χ3n) is 3.05. The molecule has 0 saturated heterocycles. The van der Waals surface area contributed by atoms with E-state index in [1.807, 2.05) is 17.5 Å². The lowest BCUT2D eigenvalue weighted by molar-refractivity contribution is -0.137. The Hall–Kier alpha value is -2.42. The van der Waals surface area contributed by atoms with Crippen LogP contribution in [0.3, 0.4) is 0 Å². The number of hydrogen-bond acceptors (Lipinski definition) is 4. The van der Waals surface area contributed by atoms with E-state index in [4.69, 9.17) is 4.84 Å². The van der Waals surface area contributed by atoms with E-state index in [1.54, 1.807) is 6.92 Å². The molecular formula is C16H14F4N2O2S. The second-order valence-corrected chi connectivity index (χ2v) is 6.00. The number of rotatable bonds is 6. The number of carbonyl (C=O) groups is 1. The molecule has 2 rings (SSSR count). The quantitative estimate of drug-likeness (QED) is 0.473. The van der Waals surface area contributed by atoms with Gasteiger partial charge in [0.2, 0.25) is 0 Å². The molecule has 2 aromatic rings. The first-order valence-electron chi connectivity index (χ1n) is 7.09. The number of amides is 1. The third-order valence-corrected chi connectivity index (χ3v) is 4.03. The summed E-state index contributed by atoms with van der Waals surface area (Å²) in [6, 6.07) is 5.80. The second-order valence-electron chi connectivity index (χ2n) is 5.05. The Morgan fingerprint density at radius 2 is 2.08 bits per heavy atom. The molecule has 1 heterocycles. The summed E-state index contributed by atoms with van der Waals surface area (Å²) in [7, 11) is 0. The number of nitrogens with one attached hydrogen (secondary N) is 1. The SMILES string of the molecule is C/C(=N/OCC(=O)NCc1cc(F)cc(C(F)(F)F)c1)c1cccs1. The molecule has 0 saturated carbocycles. The number of thiophene rings is 1. The number of carbonyl (C=O) groups excluding carboxylic acids is 1. The van der Waals surface area contributed by atoms with E-state index in [2.05, 4.69) is 10.5 Å². The Labute approximate surface area is 145 Å². The number of oxime groups is 1. The van der Waals surface area contributed by atoms with Gasteiger partial charge in [-0.1, -0.05) is 11.2 Å². The van der Waals surface area contributed by atoms with Crippen LogP contribution in [-0.4, -0.2) is 18.2 Å². The van der Waals surface area contributed by atoms with Gasteiger partial charge in [-0.15, -0.1) is 11.3 Å². The Morgan fingerprint density at radius 1 is 1.32 bits per heavy atom. The number of alkyl halides is 3. The molecule has 0 spiro atoms. The van der Waals surface area contributed by atoms with Crippen LogP contribution in [-0.2, 0) is 22.4 Å². The molecule has 9 heteroatoms. The van der Waals surface area contributed by atoms with Crippen LogP contribution in [0.4, 0.5) is 17.6 Å². The van der Waals surface area contributed by atoms with Crippen LogP contribution in [0.1, 0.15) is 22.9 Å². The maximum absolute atomic E-state index is 13.3. The highest BCUT2D eigenvalue weighted by molar-refractivity contribution is 7.12. The van der Waals surface area contributed by atoms with E-state index < -0.39 is 30.1 Å². The molecule has 0 aliphatic rings. The van der Waals surface area contributed by atoms with Gasteiger partial charge in [0, 0.05) is 6.54 Å². The van der Waals surface area contributed by atoms with Gasteiger partial charge in [0.05, 0.1) is 16.2 Å². The van der Waals surface area contributed by atoms with Crippen LogP contribution >= 0.6 is 11.3 Å². The standard InChI is InChI=1S/C16H14F4N2O2S/c1-10(14-3-2-4-25-14)22-24-9-15(23)21-8-11-5-12(16(18,19)20)7-13(17)6-11/h2-7H,8-9H2,1H3,(H,21,23)/b22-10-. The first-order chi connectivity index (χ1) is 11.8. The van der Waals surface area contributed by atoms with Crippen molar-refractivity contribution in [1.29, 1.82) is 0 Å². The second kappa shape index (κ2) is 8.11. The van der Waals surface area contributed by atoms with Crippen LogP contribution in [0.15, 0.2) is 40.9 Å². The van der Waals surface area contributed by atoms with Crippen molar-refractivity contribution in [3.05, 3.63) is 57.5 Å². The first kappa shape index (κ1) is 18.9. The fourth-order valence-electron chi connectivity index (χ4n) is 1.88. The Balaban J connectivity index is 1.86. The summed E-state index contributed by atoms with van der Waals surface area (Å²) in [5.74, 6) is -1.60. The zero-order chi connectivity index (χ0) is 18.4. The average Bonchev–Trinajstić information content (AvgIpc) is 3.06. The molecule has 0 radical (unpaired) electrons. The zero-order valence-electron chi connectivity index (χ0n) is 13.1. The molecular weight excluding hydrogens is 360 g/mol. The van der Waals surface area contributed by atoms with Gasteiger partial charge in [-0.2, -0.15) is 13.2 Å². The molecule has 0 bridgehead atoms. The van der Waals surface area contributed by atoms with Gasteiger partial charge in [0.25, 0.3) is 5.91 Å². The van der Waals surface area contributed by atoms with E-state index >= 15 is 0 Å². The summed E-state index contributed by atoms with van der Waals surface area (Å²) in [4.78, 5) is 17.4. The Morgan fingerprint density at radius 3 is 2.72 bits per heavy atom. The van der Waals surface area contributed by atoms with Crippen LogP contribution in [0.2, 0.25) is 0 Å². The van der Waals surface area contributed by atoms with Gasteiger partial charge in [-0.05, 0) is 42.1 Å². The van der Waals surface area contributed by atoms with Crippen molar-refractivity contribution in [2.45, 2.75) is 19.6 Å². The first-order valence-corrected chi connectivity index (χ1v) is 7.97. The van der Waals surface area contributed by atoms with Gasteiger partial charge in [-0.25, -0.2) is 4.39 Å². The number of halogens is 4. The van der Waals surface area contributed by atoms with Crippen LogP contribution in [0.25, 0.3) is 0 Å². The largest absolute Gasteiger partial charge is 0.416 e. The van der Waals surface area contributed by atoms with Crippen LogP contribution in [0.5, 0.6) is 0 Å². The predicted octanol–water partition coefficient (Wildman–Crippen LogP) is 3.96. The fourth-order valence-corrected chi connectivity index (χ4v) is 2.55. The highest BCUT2D eigenvalue weighted by atomic mass is 32.1. The molecule has 0 fully saturated rings. The topological polar surface area (TPSA) is 50.7 Å². The zero-order valence-corrected chi connectivity index (χ0v) is 13.9. The fraction of sp³-hybridized carbons (Fsp3) is 0.250. The lowest BCUT2D eigenvalue weighted by atomic mass is 10.1. The van der Waals surface area contributed by atoms with Gasteiger partial charge in [0.15, 0.2) is 6.61 Å². The summed E-state index contributed by atoms with van der Waals surface area (Å²) in [5, 5.41) is 8.00. The van der Waals surface area contributed by atoms with Crippen molar-refractivity contribution in [3.63, 3.8) is 0 Å². The van der Waals surface area contributed by atoms with Crippen LogP contribution in [0, 0.1) is 5.82 Å². The molecule has 1 aromatic heterocycles. The molecule has 0 aliphatic heterocycles. The minimum atomic E-state index is -4.65. The van der Waals surface area contributed by atoms with Crippen LogP contribution < -0.4 is 5.32 Å². The maximum atomic E-state index is 13.3. The van der Waals surface area contributed by atoms with Crippen molar-refractivity contribution in [2.75, 3.05) is 6.61 Å². The van der Waals surface area contributed by atoms with E-state index in [0.717, 1.165) is 17.0 Å². The van der Waals surface area contributed by atoms with E-state index in [-0.39, 0.29) is 12.1 Å². The Bertz CT molecular complexity index is 758. The van der Waals surface area contributed by atoms with Gasteiger partial charge >= 0.3 is 6.18 Å². The monoisotopic (exact) mass is 374 g/mol.